The van der Waals surface area contributed by atoms with Gasteiger partial charge in [-0.15, -0.1) is 0 Å². The van der Waals surface area contributed by atoms with E-state index in [4.69, 9.17) is 16.3 Å². The number of halogens is 1. The van der Waals surface area contributed by atoms with Crippen LogP contribution >= 0.6 is 11.6 Å². The minimum Gasteiger partial charge on any atom is -0.481 e. The number of carbonyl (C=O) groups is 2. The maximum Gasteiger partial charge on any atom is 0.263 e. The highest BCUT2D eigenvalue weighted by Gasteiger charge is 2.20. The summed E-state index contributed by atoms with van der Waals surface area (Å²) < 4.78 is 6.49. The number of pyridine rings is 2. The minimum atomic E-state index is -0.489. The molecule has 0 spiro atoms. The second kappa shape index (κ2) is 9.87. The van der Waals surface area contributed by atoms with E-state index >= 15 is 0 Å². The van der Waals surface area contributed by atoms with Crippen LogP contribution in [0.1, 0.15) is 31.1 Å². The molecule has 10 heteroatoms. The molecule has 36 heavy (non-hydrogen) atoms. The molecule has 0 radical (unpaired) electrons. The summed E-state index contributed by atoms with van der Waals surface area (Å²) in [5, 5.41) is 3.45. The zero-order valence-electron chi connectivity index (χ0n) is 20.2. The van der Waals surface area contributed by atoms with Crippen molar-refractivity contribution in [2.45, 2.75) is 32.9 Å². The molecule has 3 aromatic heterocycles. The van der Waals surface area contributed by atoms with Crippen LogP contribution in [0.25, 0.3) is 33.7 Å². The van der Waals surface area contributed by atoms with Crippen molar-refractivity contribution in [2.75, 3.05) is 7.11 Å². The van der Waals surface area contributed by atoms with Crippen LogP contribution in [0.4, 0.5) is 0 Å². The maximum absolute atomic E-state index is 13.7. The molecular formula is C26H24ClN5O4. The molecule has 9 nitrogen and oxygen atoms in total. The highest BCUT2D eigenvalue weighted by Crippen LogP contribution is 2.26. The zero-order chi connectivity index (χ0) is 26.0. The van der Waals surface area contributed by atoms with E-state index in [1.807, 2.05) is 20.8 Å². The second-order valence-electron chi connectivity index (χ2n) is 9.18. The average molecular weight is 506 g/mol. The molecule has 184 valence electrons. The van der Waals surface area contributed by atoms with Gasteiger partial charge in [0, 0.05) is 34.0 Å². The molecule has 1 N–H and O–H groups in total. The Morgan fingerprint density at radius 1 is 1.14 bits per heavy atom. The van der Waals surface area contributed by atoms with Gasteiger partial charge in [0.15, 0.2) is 11.5 Å². The Kier molecular flexibility index (Phi) is 6.85. The van der Waals surface area contributed by atoms with E-state index in [1.54, 1.807) is 48.7 Å². The molecule has 0 atom stereocenters. The highest BCUT2D eigenvalue weighted by atomic mass is 35.5. The fourth-order valence-corrected chi connectivity index (χ4v) is 3.95. The van der Waals surface area contributed by atoms with Crippen molar-refractivity contribution in [3.63, 3.8) is 0 Å². The fourth-order valence-electron chi connectivity index (χ4n) is 3.71. The third-order valence-corrected chi connectivity index (χ3v) is 5.40. The van der Waals surface area contributed by atoms with E-state index < -0.39 is 11.1 Å². The number of rotatable bonds is 6. The van der Waals surface area contributed by atoms with Crippen molar-refractivity contribution in [3.05, 3.63) is 69.6 Å². The zero-order valence-corrected chi connectivity index (χ0v) is 21.0. The largest absolute Gasteiger partial charge is 0.481 e. The number of amides is 1. The normalized spacial score (nSPS) is 11.4. The molecule has 4 aromatic rings. The Labute approximate surface area is 212 Å². The van der Waals surface area contributed by atoms with Crippen molar-refractivity contribution in [3.8, 4) is 28.5 Å². The predicted molar refractivity (Wildman–Crippen MR) is 137 cm³/mol. The number of ether oxygens (including phenoxy) is 1. The number of aldehydes is 1. The van der Waals surface area contributed by atoms with Gasteiger partial charge in [0.1, 0.15) is 18.5 Å². The molecule has 1 amide bonds. The minimum absolute atomic E-state index is 0.182. The van der Waals surface area contributed by atoms with Gasteiger partial charge in [0.25, 0.3) is 5.56 Å². The van der Waals surface area contributed by atoms with Gasteiger partial charge in [-0.05, 0) is 56.7 Å². The van der Waals surface area contributed by atoms with Crippen LogP contribution in [-0.4, -0.2) is 44.4 Å². The van der Waals surface area contributed by atoms with Gasteiger partial charge in [0.05, 0.1) is 12.5 Å². The van der Waals surface area contributed by atoms with E-state index in [0.29, 0.717) is 39.6 Å². The third-order valence-electron chi connectivity index (χ3n) is 5.18. The van der Waals surface area contributed by atoms with Gasteiger partial charge in [0.2, 0.25) is 11.8 Å². The van der Waals surface area contributed by atoms with Gasteiger partial charge in [-0.3, -0.25) is 19.0 Å². The fraction of sp³-hybridized carbons (Fsp3) is 0.231. The van der Waals surface area contributed by atoms with E-state index in [0.717, 1.165) is 0 Å². The summed E-state index contributed by atoms with van der Waals surface area (Å²) in [4.78, 5) is 51.2. The molecule has 0 saturated heterocycles. The number of carbonyl (C=O) groups excluding carboxylic acids is 2. The van der Waals surface area contributed by atoms with E-state index in [-0.39, 0.29) is 29.3 Å². The molecule has 0 saturated carbocycles. The second-order valence-corrected chi connectivity index (χ2v) is 9.61. The van der Waals surface area contributed by atoms with E-state index in [2.05, 4.69) is 20.3 Å². The molecule has 3 heterocycles. The van der Waals surface area contributed by atoms with Crippen LogP contribution in [-0.2, 0) is 11.3 Å². The first kappa shape index (κ1) is 25.0. The van der Waals surface area contributed by atoms with Crippen molar-refractivity contribution in [2.24, 2.45) is 0 Å². The molecule has 0 bridgehead atoms. The van der Waals surface area contributed by atoms with Gasteiger partial charge < -0.3 is 10.1 Å². The summed E-state index contributed by atoms with van der Waals surface area (Å²) in [5.41, 5.74) is 1.18. The first-order chi connectivity index (χ1) is 17.1. The van der Waals surface area contributed by atoms with Crippen LogP contribution in [0.15, 0.2) is 53.5 Å². The third kappa shape index (κ3) is 5.41. The molecule has 4 rings (SSSR count). The Balaban J connectivity index is 1.92. The predicted octanol–water partition coefficient (Wildman–Crippen LogP) is 3.91. The summed E-state index contributed by atoms with van der Waals surface area (Å²) in [6.45, 7) is 5.28. The van der Waals surface area contributed by atoms with Crippen LogP contribution in [0.3, 0.4) is 0 Å². The van der Waals surface area contributed by atoms with Crippen LogP contribution in [0, 0.1) is 0 Å². The number of methoxy groups -OCH3 is 1. The summed E-state index contributed by atoms with van der Waals surface area (Å²) >= 11 is 6.16. The van der Waals surface area contributed by atoms with E-state index in [1.165, 1.54) is 11.7 Å². The average Bonchev–Trinajstić information content (AvgIpc) is 2.84. The first-order valence-electron chi connectivity index (χ1n) is 11.1. The monoisotopic (exact) mass is 505 g/mol. The SMILES string of the molecule is COc1cccc(-c2nc3ncc(-c4cc(Cl)cc(C=O)c4)cc3c(=O)n2CC(=O)NC(C)(C)C)n1. The van der Waals surface area contributed by atoms with Gasteiger partial charge in [-0.1, -0.05) is 17.7 Å². The summed E-state index contributed by atoms with van der Waals surface area (Å²) in [5.74, 6) is 0.161. The number of fused-ring (bicyclic) bond motifs is 1. The van der Waals surface area contributed by atoms with E-state index in [9.17, 15) is 14.4 Å². The number of benzene rings is 1. The summed E-state index contributed by atoms with van der Waals surface area (Å²) in [7, 11) is 1.48. The van der Waals surface area contributed by atoms with Crippen molar-refractivity contribution in [1.82, 2.24) is 24.8 Å². The lowest BCUT2D eigenvalue weighted by molar-refractivity contribution is -0.123. The molecule has 0 aliphatic carbocycles. The lowest BCUT2D eigenvalue weighted by Gasteiger charge is -2.21. The number of aromatic nitrogens is 4. The van der Waals surface area contributed by atoms with Gasteiger partial charge >= 0.3 is 0 Å². The first-order valence-corrected chi connectivity index (χ1v) is 11.4. The lowest BCUT2D eigenvalue weighted by Crippen LogP contribution is -2.43. The molecular weight excluding hydrogens is 482 g/mol. The Bertz CT molecular complexity index is 1540. The topological polar surface area (TPSA) is 116 Å². The maximum atomic E-state index is 13.7. The summed E-state index contributed by atoms with van der Waals surface area (Å²) in [6.07, 6.45) is 2.24. The standard InChI is InChI=1S/C26H24ClN5O4/c1-26(2,3)31-21(34)13-32-24(20-6-5-7-22(29-20)36-4)30-23-19(25(32)35)11-17(12-28-23)16-8-15(14-33)9-18(27)10-16/h5-12,14H,13H2,1-4H3,(H,31,34). The molecule has 1 aromatic carbocycles. The highest BCUT2D eigenvalue weighted by molar-refractivity contribution is 6.31. The lowest BCUT2D eigenvalue weighted by atomic mass is 10.0. The van der Waals surface area contributed by atoms with Crippen LogP contribution in [0.5, 0.6) is 5.88 Å². The van der Waals surface area contributed by atoms with Crippen molar-refractivity contribution >= 4 is 34.8 Å². The number of nitrogens with one attached hydrogen (secondary N) is 1. The van der Waals surface area contributed by atoms with Crippen molar-refractivity contribution < 1.29 is 14.3 Å². The van der Waals surface area contributed by atoms with Crippen LogP contribution in [0.2, 0.25) is 5.02 Å². The van der Waals surface area contributed by atoms with Gasteiger partial charge in [-0.25, -0.2) is 15.0 Å². The Morgan fingerprint density at radius 3 is 2.61 bits per heavy atom. The number of nitrogens with zero attached hydrogens (tertiary/aromatic N) is 4. The molecule has 0 fully saturated rings. The number of hydrogen-bond donors (Lipinski definition) is 1. The molecule has 0 aliphatic rings. The van der Waals surface area contributed by atoms with Crippen molar-refractivity contribution in [1.29, 1.82) is 0 Å². The molecule has 0 unspecified atom stereocenters. The molecule has 0 aliphatic heterocycles. The Hall–Kier alpha value is -4.11. The number of hydrogen-bond acceptors (Lipinski definition) is 7. The van der Waals surface area contributed by atoms with Gasteiger partial charge in [-0.2, -0.15) is 0 Å². The summed E-state index contributed by atoms with van der Waals surface area (Å²) in [6, 6.07) is 11.6. The Morgan fingerprint density at radius 2 is 1.92 bits per heavy atom. The van der Waals surface area contributed by atoms with Crippen LogP contribution < -0.4 is 15.6 Å². The smallest absolute Gasteiger partial charge is 0.263 e. The quantitative estimate of drug-likeness (QED) is 0.395.